The SMILES string of the molecule is Nc1ccc(Cl)nc1OC(C(F)(F)F)C(F)(F)F. The number of aromatic nitrogens is 1. The van der Waals surface area contributed by atoms with E-state index in [-0.39, 0.29) is 5.15 Å². The highest BCUT2D eigenvalue weighted by molar-refractivity contribution is 6.29. The zero-order valence-corrected chi connectivity index (χ0v) is 9.07. The van der Waals surface area contributed by atoms with Gasteiger partial charge in [0, 0.05) is 0 Å². The van der Waals surface area contributed by atoms with Crippen molar-refractivity contribution >= 4 is 17.3 Å². The third-order valence-electron chi connectivity index (χ3n) is 1.68. The number of halogens is 7. The van der Waals surface area contributed by atoms with Crippen molar-refractivity contribution in [1.29, 1.82) is 0 Å². The van der Waals surface area contributed by atoms with E-state index in [1.54, 1.807) is 0 Å². The molecule has 1 aromatic heterocycles. The lowest BCUT2D eigenvalue weighted by atomic mass is 10.3. The van der Waals surface area contributed by atoms with Crippen molar-refractivity contribution in [1.82, 2.24) is 4.98 Å². The highest BCUT2D eigenvalue weighted by atomic mass is 35.5. The summed E-state index contributed by atoms with van der Waals surface area (Å²) in [6.07, 6.45) is -15.3. The minimum atomic E-state index is -5.64. The molecule has 0 unspecified atom stereocenters. The van der Waals surface area contributed by atoms with Crippen LogP contribution in [0.2, 0.25) is 5.15 Å². The number of ether oxygens (including phenoxy) is 1. The van der Waals surface area contributed by atoms with Crippen LogP contribution in [0.1, 0.15) is 0 Å². The molecule has 1 aromatic rings. The molecule has 0 atom stereocenters. The van der Waals surface area contributed by atoms with Crippen molar-refractivity contribution < 1.29 is 31.1 Å². The van der Waals surface area contributed by atoms with E-state index in [9.17, 15) is 26.3 Å². The Morgan fingerprint density at radius 1 is 1.11 bits per heavy atom. The fourth-order valence-electron chi connectivity index (χ4n) is 0.954. The normalized spacial score (nSPS) is 12.9. The molecule has 0 bridgehead atoms. The highest BCUT2D eigenvalue weighted by Gasteiger charge is 2.59. The molecule has 102 valence electrons. The van der Waals surface area contributed by atoms with Gasteiger partial charge in [0.25, 0.3) is 6.10 Å². The van der Waals surface area contributed by atoms with Crippen LogP contribution in [0.15, 0.2) is 12.1 Å². The second-order valence-electron chi connectivity index (χ2n) is 3.11. The van der Waals surface area contributed by atoms with Crippen molar-refractivity contribution in [3.63, 3.8) is 0 Å². The van der Waals surface area contributed by atoms with Gasteiger partial charge in [-0.15, -0.1) is 0 Å². The number of anilines is 1. The number of hydrogen-bond donors (Lipinski definition) is 1. The third kappa shape index (κ3) is 3.56. The summed E-state index contributed by atoms with van der Waals surface area (Å²) in [5.74, 6) is -1.03. The van der Waals surface area contributed by atoms with Crippen molar-refractivity contribution in [2.24, 2.45) is 0 Å². The van der Waals surface area contributed by atoms with Crippen molar-refractivity contribution in [2.45, 2.75) is 18.5 Å². The standard InChI is InChI=1S/C8H5ClF6N2O/c9-4-2-1-3(16)5(17-4)18-6(7(10,11)12)8(13,14)15/h1-2,6H,16H2. The van der Waals surface area contributed by atoms with Gasteiger partial charge in [-0.25, -0.2) is 0 Å². The maximum Gasteiger partial charge on any atom is 0.434 e. The van der Waals surface area contributed by atoms with E-state index < -0.39 is 30.0 Å². The molecule has 0 fully saturated rings. The van der Waals surface area contributed by atoms with Gasteiger partial charge in [0.1, 0.15) is 5.15 Å². The Morgan fingerprint density at radius 3 is 2.06 bits per heavy atom. The summed E-state index contributed by atoms with van der Waals surface area (Å²) in [6.45, 7) is 0. The first-order chi connectivity index (χ1) is 8.01. The maximum atomic E-state index is 12.2. The molecule has 0 saturated heterocycles. The molecule has 0 aliphatic heterocycles. The molecule has 0 radical (unpaired) electrons. The van der Waals surface area contributed by atoms with E-state index in [2.05, 4.69) is 9.72 Å². The molecule has 0 saturated carbocycles. The van der Waals surface area contributed by atoms with Gasteiger partial charge < -0.3 is 10.5 Å². The number of nitrogens with two attached hydrogens (primary N) is 1. The van der Waals surface area contributed by atoms with E-state index in [1.165, 1.54) is 0 Å². The molecule has 0 amide bonds. The molecule has 3 nitrogen and oxygen atoms in total. The van der Waals surface area contributed by atoms with Gasteiger partial charge in [-0.2, -0.15) is 31.3 Å². The summed E-state index contributed by atoms with van der Waals surface area (Å²) in [5, 5.41) is -0.345. The predicted octanol–water partition coefficient (Wildman–Crippen LogP) is 3.19. The Morgan fingerprint density at radius 2 is 1.61 bits per heavy atom. The largest absolute Gasteiger partial charge is 0.453 e. The van der Waals surface area contributed by atoms with Crippen molar-refractivity contribution in [3.8, 4) is 5.88 Å². The maximum absolute atomic E-state index is 12.2. The zero-order chi connectivity index (χ0) is 14.1. The monoisotopic (exact) mass is 294 g/mol. The second kappa shape index (κ2) is 4.71. The lowest BCUT2D eigenvalue weighted by molar-refractivity contribution is -0.300. The minimum absolute atomic E-state index is 0.345. The van der Waals surface area contributed by atoms with Crippen LogP contribution in [-0.2, 0) is 0 Å². The lowest BCUT2D eigenvalue weighted by Gasteiger charge is -2.23. The number of pyridine rings is 1. The summed E-state index contributed by atoms with van der Waals surface area (Å²) in [4.78, 5) is 3.16. The van der Waals surface area contributed by atoms with Crippen molar-refractivity contribution in [2.75, 3.05) is 5.73 Å². The molecule has 1 heterocycles. The predicted molar refractivity (Wildman–Crippen MR) is 50.2 cm³/mol. The van der Waals surface area contributed by atoms with Gasteiger partial charge in [0.2, 0.25) is 5.88 Å². The average Bonchev–Trinajstić information content (AvgIpc) is 2.15. The molecule has 18 heavy (non-hydrogen) atoms. The minimum Gasteiger partial charge on any atom is -0.453 e. The molecule has 2 N–H and O–H groups in total. The van der Waals surface area contributed by atoms with Gasteiger partial charge in [-0.1, -0.05) is 11.6 Å². The first-order valence-corrected chi connectivity index (χ1v) is 4.61. The number of alkyl halides is 6. The zero-order valence-electron chi connectivity index (χ0n) is 8.31. The number of hydrogen-bond acceptors (Lipinski definition) is 3. The highest BCUT2D eigenvalue weighted by Crippen LogP contribution is 2.37. The third-order valence-corrected chi connectivity index (χ3v) is 1.89. The van der Waals surface area contributed by atoms with Gasteiger partial charge in [0.15, 0.2) is 0 Å². The topological polar surface area (TPSA) is 48.1 Å². The molecular weight excluding hydrogens is 290 g/mol. The van der Waals surface area contributed by atoms with E-state index >= 15 is 0 Å². The van der Waals surface area contributed by atoms with Crippen molar-refractivity contribution in [3.05, 3.63) is 17.3 Å². The molecule has 0 aliphatic carbocycles. The van der Waals surface area contributed by atoms with Crippen LogP contribution in [0.4, 0.5) is 32.0 Å². The van der Waals surface area contributed by atoms with E-state index in [0.29, 0.717) is 0 Å². The van der Waals surface area contributed by atoms with Crippen LogP contribution >= 0.6 is 11.6 Å². The quantitative estimate of drug-likeness (QED) is 0.673. The molecular formula is C8H5ClF6N2O. The summed E-state index contributed by atoms with van der Waals surface area (Å²) < 4.78 is 76.9. The van der Waals surface area contributed by atoms with E-state index in [4.69, 9.17) is 17.3 Å². The molecule has 1 rings (SSSR count). The summed E-state index contributed by atoms with van der Waals surface area (Å²) in [6, 6.07) is 2.08. The first-order valence-electron chi connectivity index (χ1n) is 4.24. The van der Waals surface area contributed by atoms with E-state index in [1.807, 2.05) is 0 Å². The lowest BCUT2D eigenvalue weighted by Crippen LogP contribution is -2.46. The van der Waals surface area contributed by atoms with Gasteiger partial charge in [0.05, 0.1) is 5.69 Å². The summed E-state index contributed by atoms with van der Waals surface area (Å²) in [7, 11) is 0. The smallest absolute Gasteiger partial charge is 0.434 e. The van der Waals surface area contributed by atoms with Crippen LogP contribution < -0.4 is 10.5 Å². The fraction of sp³-hybridized carbons (Fsp3) is 0.375. The van der Waals surface area contributed by atoms with Crippen LogP contribution in [0.5, 0.6) is 5.88 Å². The van der Waals surface area contributed by atoms with Gasteiger partial charge in [-0.3, -0.25) is 0 Å². The van der Waals surface area contributed by atoms with Crippen LogP contribution in [0.3, 0.4) is 0 Å². The van der Waals surface area contributed by atoms with Gasteiger partial charge in [-0.05, 0) is 12.1 Å². The summed E-state index contributed by atoms with van der Waals surface area (Å²) in [5.41, 5.74) is 4.66. The average molecular weight is 295 g/mol. The Balaban J connectivity index is 3.08. The van der Waals surface area contributed by atoms with Crippen LogP contribution in [-0.4, -0.2) is 23.4 Å². The Kier molecular flexibility index (Phi) is 3.84. The molecule has 0 aliphatic rings. The number of nitrogens with zero attached hydrogens (tertiary/aromatic N) is 1. The molecule has 0 spiro atoms. The van der Waals surface area contributed by atoms with Gasteiger partial charge >= 0.3 is 12.4 Å². The van der Waals surface area contributed by atoms with E-state index in [0.717, 1.165) is 12.1 Å². The molecule has 0 aromatic carbocycles. The molecule has 10 heteroatoms. The number of nitrogen functional groups attached to an aromatic ring is 1. The summed E-state index contributed by atoms with van der Waals surface area (Å²) >= 11 is 5.32. The Hall–Kier alpha value is -1.38. The first kappa shape index (κ1) is 14.7. The Labute approximate surface area is 101 Å². The Bertz CT molecular complexity index is 419. The van der Waals surface area contributed by atoms with Crippen LogP contribution in [0.25, 0.3) is 0 Å². The fourth-order valence-corrected chi connectivity index (χ4v) is 1.09. The second-order valence-corrected chi connectivity index (χ2v) is 3.50. The number of rotatable bonds is 2. The van der Waals surface area contributed by atoms with Crippen LogP contribution in [0, 0.1) is 0 Å².